The molecule has 19 heavy (non-hydrogen) atoms. The number of benzene rings is 1. The molecule has 0 heterocycles. The predicted molar refractivity (Wildman–Crippen MR) is 76.5 cm³/mol. The Kier molecular flexibility index (Phi) is 4.56. The average molecular weight is 266 g/mol. The highest BCUT2D eigenvalue weighted by Crippen LogP contribution is 2.25. The summed E-state index contributed by atoms with van der Waals surface area (Å²) >= 11 is 0. The van der Waals surface area contributed by atoms with Crippen molar-refractivity contribution in [1.29, 1.82) is 0 Å². The summed E-state index contributed by atoms with van der Waals surface area (Å²) in [7, 11) is 0. The summed E-state index contributed by atoms with van der Waals surface area (Å²) in [6.45, 7) is 10.4. The van der Waals surface area contributed by atoms with Gasteiger partial charge in [-0.15, -0.1) is 0 Å². The molecule has 0 unspecified atom stereocenters. The van der Waals surface area contributed by atoms with E-state index in [1.165, 1.54) is 12.1 Å². The van der Waals surface area contributed by atoms with Crippen molar-refractivity contribution in [3.63, 3.8) is 0 Å². The van der Waals surface area contributed by atoms with Crippen LogP contribution in [0.2, 0.25) is 0 Å². The van der Waals surface area contributed by atoms with Crippen molar-refractivity contribution in [3.05, 3.63) is 29.1 Å². The van der Waals surface area contributed by atoms with Crippen LogP contribution in [-0.2, 0) is 0 Å². The van der Waals surface area contributed by atoms with Crippen molar-refractivity contribution in [3.8, 4) is 0 Å². The zero-order chi connectivity index (χ0) is 14.8. The summed E-state index contributed by atoms with van der Waals surface area (Å²) in [5, 5.41) is 2.78. The third-order valence-corrected chi connectivity index (χ3v) is 3.79. The molecule has 1 aromatic carbocycles. The van der Waals surface area contributed by atoms with Gasteiger partial charge in [-0.2, -0.15) is 0 Å². The van der Waals surface area contributed by atoms with Crippen LogP contribution in [0.4, 0.5) is 10.1 Å². The normalized spacial score (nSPS) is 11.7. The Balaban J connectivity index is 2.86. The highest BCUT2D eigenvalue weighted by molar-refractivity contribution is 5.95. The number of nitrogens with two attached hydrogens (primary N) is 1. The summed E-state index contributed by atoms with van der Waals surface area (Å²) in [4.78, 5) is 12.0. The van der Waals surface area contributed by atoms with Crippen molar-refractivity contribution in [2.24, 2.45) is 11.3 Å². The van der Waals surface area contributed by atoms with Gasteiger partial charge in [0.05, 0.1) is 5.56 Å². The first kappa shape index (κ1) is 15.5. The molecule has 4 heteroatoms. The molecule has 0 spiro atoms. The number of anilines is 1. The molecule has 0 atom stereocenters. The van der Waals surface area contributed by atoms with Gasteiger partial charge in [0.15, 0.2) is 0 Å². The third-order valence-electron chi connectivity index (χ3n) is 3.79. The minimum Gasteiger partial charge on any atom is -0.399 e. The fourth-order valence-electron chi connectivity index (χ4n) is 1.57. The van der Waals surface area contributed by atoms with Gasteiger partial charge in [0.25, 0.3) is 5.91 Å². The van der Waals surface area contributed by atoms with E-state index in [-0.39, 0.29) is 11.0 Å². The van der Waals surface area contributed by atoms with Crippen LogP contribution < -0.4 is 11.1 Å². The van der Waals surface area contributed by atoms with Crippen molar-refractivity contribution >= 4 is 11.6 Å². The van der Waals surface area contributed by atoms with Gasteiger partial charge in [-0.3, -0.25) is 4.79 Å². The molecule has 1 rings (SSSR count). The molecule has 106 valence electrons. The molecule has 0 saturated heterocycles. The Bertz CT molecular complexity index is 481. The van der Waals surface area contributed by atoms with Crippen LogP contribution in [0.1, 0.15) is 43.6 Å². The molecule has 3 N–H and O–H groups in total. The van der Waals surface area contributed by atoms with E-state index >= 15 is 0 Å². The van der Waals surface area contributed by atoms with E-state index < -0.39 is 11.7 Å². The zero-order valence-electron chi connectivity index (χ0n) is 12.3. The van der Waals surface area contributed by atoms with E-state index in [4.69, 9.17) is 5.73 Å². The van der Waals surface area contributed by atoms with Crippen LogP contribution in [0.25, 0.3) is 0 Å². The lowest BCUT2D eigenvalue weighted by atomic mass is 9.81. The van der Waals surface area contributed by atoms with Crippen molar-refractivity contribution < 1.29 is 9.18 Å². The monoisotopic (exact) mass is 266 g/mol. The maximum absolute atomic E-state index is 13.9. The number of aryl methyl sites for hydroxylation is 1. The maximum Gasteiger partial charge on any atom is 0.254 e. The molecular weight excluding hydrogens is 243 g/mol. The first-order valence-corrected chi connectivity index (χ1v) is 6.49. The first-order chi connectivity index (χ1) is 8.65. The van der Waals surface area contributed by atoms with Crippen LogP contribution in [0, 0.1) is 24.1 Å². The second kappa shape index (κ2) is 5.59. The third kappa shape index (κ3) is 3.69. The van der Waals surface area contributed by atoms with Crippen molar-refractivity contribution in [2.75, 3.05) is 12.3 Å². The molecule has 0 fully saturated rings. The molecule has 3 nitrogen and oxygen atoms in total. The van der Waals surface area contributed by atoms with E-state index in [2.05, 4.69) is 33.0 Å². The van der Waals surface area contributed by atoms with Crippen LogP contribution in [0.3, 0.4) is 0 Å². The van der Waals surface area contributed by atoms with Crippen LogP contribution in [0.5, 0.6) is 0 Å². The summed E-state index contributed by atoms with van der Waals surface area (Å²) < 4.78 is 13.9. The smallest absolute Gasteiger partial charge is 0.254 e. The Labute approximate surface area is 114 Å². The zero-order valence-corrected chi connectivity index (χ0v) is 12.3. The summed E-state index contributed by atoms with van der Waals surface area (Å²) in [6.07, 6.45) is 0. The molecule has 0 aliphatic carbocycles. The highest BCUT2D eigenvalue weighted by Gasteiger charge is 2.24. The summed E-state index contributed by atoms with van der Waals surface area (Å²) in [5.74, 6) is -0.504. The first-order valence-electron chi connectivity index (χ1n) is 6.49. The molecular formula is C15H23FN2O. The predicted octanol–water partition coefficient (Wildman–Crippen LogP) is 3.13. The average Bonchev–Trinajstić information content (AvgIpc) is 2.30. The van der Waals surface area contributed by atoms with Crippen molar-refractivity contribution in [1.82, 2.24) is 5.32 Å². The number of carbonyl (C=O) groups is 1. The van der Waals surface area contributed by atoms with Gasteiger partial charge < -0.3 is 11.1 Å². The number of nitrogens with one attached hydrogen (secondary N) is 1. The van der Waals surface area contributed by atoms with Crippen molar-refractivity contribution in [2.45, 2.75) is 34.6 Å². The number of rotatable bonds is 4. The number of hydrogen-bond donors (Lipinski definition) is 2. The van der Waals surface area contributed by atoms with E-state index in [1.54, 1.807) is 6.92 Å². The maximum atomic E-state index is 13.9. The number of halogens is 1. The van der Waals surface area contributed by atoms with Gasteiger partial charge in [0.2, 0.25) is 0 Å². The quantitative estimate of drug-likeness (QED) is 0.823. The SMILES string of the molecule is Cc1cc(N)cc(C(=O)NCC(C)(C)C(C)C)c1F. The number of amides is 1. The summed E-state index contributed by atoms with van der Waals surface area (Å²) in [5.41, 5.74) is 6.40. The van der Waals surface area contributed by atoms with Gasteiger partial charge in [-0.25, -0.2) is 4.39 Å². The van der Waals surface area contributed by atoms with Crippen LogP contribution in [0.15, 0.2) is 12.1 Å². The minimum atomic E-state index is -0.506. The number of hydrogen-bond acceptors (Lipinski definition) is 2. The van der Waals surface area contributed by atoms with Gasteiger partial charge >= 0.3 is 0 Å². The molecule has 0 aliphatic rings. The van der Waals surface area contributed by atoms with Gasteiger partial charge in [0, 0.05) is 12.2 Å². The molecule has 0 aliphatic heterocycles. The van der Waals surface area contributed by atoms with Crippen LogP contribution >= 0.6 is 0 Å². The Morgan fingerprint density at radius 3 is 2.53 bits per heavy atom. The summed E-state index contributed by atoms with van der Waals surface area (Å²) in [6, 6.07) is 2.89. The lowest BCUT2D eigenvalue weighted by Crippen LogP contribution is -2.37. The molecule has 0 aromatic heterocycles. The van der Waals surface area contributed by atoms with Gasteiger partial charge in [-0.05, 0) is 36.0 Å². The molecule has 0 saturated carbocycles. The fraction of sp³-hybridized carbons (Fsp3) is 0.533. The second-order valence-corrected chi connectivity index (χ2v) is 6.03. The van der Waals surface area contributed by atoms with E-state index in [1.807, 2.05) is 0 Å². The Hall–Kier alpha value is -1.58. The fourth-order valence-corrected chi connectivity index (χ4v) is 1.57. The topological polar surface area (TPSA) is 55.1 Å². The van der Waals surface area contributed by atoms with Gasteiger partial charge in [0.1, 0.15) is 5.82 Å². The lowest BCUT2D eigenvalue weighted by molar-refractivity contribution is 0.0920. The molecule has 0 radical (unpaired) electrons. The van der Waals surface area contributed by atoms with Crippen LogP contribution in [-0.4, -0.2) is 12.5 Å². The largest absolute Gasteiger partial charge is 0.399 e. The minimum absolute atomic E-state index is 0.0112. The van der Waals surface area contributed by atoms with E-state index in [0.29, 0.717) is 23.7 Å². The van der Waals surface area contributed by atoms with E-state index in [0.717, 1.165) is 0 Å². The Morgan fingerprint density at radius 1 is 1.42 bits per heavy atom. The van der Waals surface area contributed by atoms with Gasteiger partial charge in [-0.1, -0.05) is 27.7 Å². The molecule has 0 bridgehead atoms. The Morgan fingerprint density at radius 2 is 2.00 bits per heavy atom. The molecule has 1 aromatic rings. The number of nitrogen functional groups attached to an aromatic ring is 1. The second-order valence-electron chi connectivity index (χ2n) is 6.03. The van der Waals surface area contributed by atoms with E-state index in [9.17, 15) is 9.18 Å². The lowest BCUT2D eigenvalue weighted by Gasteiger charge is -2.29. The number of carbonyl (C=O) groups excluding carboxylic acids is 1. The molecule has 1 amide bonds. The standard InChI is InChI=1S/C15H23FN2O/c1-9(2)15(4,5)8-18-14(19)12-7-11(17)6-10(3)13(12)16/h6-7,9H,8,17H2,1-5H3,(H,18,19). The highest BCUT2D eigenvalue weighted by atomic mass is 19.1.